The highest BCUT2D eigenvalue weighted by Crippen LogP contribution is 2.49. The Bertz CT molecular complexity index is 659. The van der Waals surface area contributed by atoms with Crippen LogP contribution in [-0.4, -0.2) is 33.3 Å². The van der Waals surface area contributed by atoms with Gasteiger partial charge in [-0.15, -0.1) is 0 Å². The number of methoxy groups -OCH3 is 3. The molecule has 1 aromatic carbocycles. The van der Waals surface area contributed by atoms with Crippen LogP contribution in [0.1, 0.15) is 19.4 Å². The van der Waals surface area contributed by atoms with Crippen molar-refractivity contribution in [3.63, 3.8) is 0 Å². The predicted molar refractivity (Wildman–Crippen MR) is 84.6 cm³/mol. The predicted octanol–water partition coefficient (Wildman–Crippen LogP) is 2.52. The summed E-state index contributed by atoms with van der Waals surface area (Å²) in [5.74, 6) is -1.17. The standard InChI is InChI=1S/C18H20O5/c1-11-14(16(19)21-3)15(17(20)22-4)12(2)18(11,23-5)13-9-7-6-8-10-13/h6-10H,1-5H3. The van der Waals surface area contributed by atoms with Crippen LogP contribution in [0.4, 0.5) is 0 Å². The van der Waals surface area contributed by atoms with E-state index in [9.17, 15) is 9.59 Å². The minimum absolute atomic E-state index is 0.197. The molecule has 0 saturated heterocycles. The number of rotatable bonds is 4. The van der Waals surface area contributed by atoms with Gasteiger partial charge in [0.05, 0.1) is 25.4 Å². The smallest absolute Gasteiger partial charge is 0.338 e. The van der Waals surface area contributed by atoms with Gasteiger partial charge in [0.2, 0.25) is 0 Å². The lowest BCUT2D eigenvalue weighted by atomic mass is 9.83. The second-order valence-electron chi connectivity index (χ2n) is 5.23. The molecule has 0 N–H and O–H groups in total. The van der Waals surface area contributed by atoms with E-state index in [1.165, 1.54) is 14.2 Å². The van der Waals surface area contributed by atoms with Gasteiger partial charge < -0.3 is 14.2 Å². The maximum absolute atomic E-state index is 12.3. The molecule has 0 amide bonds. The second-order valence-corrected chi connectivity index (χ2v) is 5.23. The van der Waals surface area contributed by atoms with Gasteiger partial charge in [-0.05, 0) is 30.6 Å². The zero-order valence-electron chi connectivity index (χ0n) is 13.9. The van der Waals surface area contributed by atoms with Gasteiger partial charge in [0.15, 0.2) is 0 Å². The Morgan fingerprint density at radius 1 is 0.826 bits per heavy atom. The first-order valence-electron chi connectivity index (χ1n) is 7.16. The molecule has 5 heteroatoms. The summed E-state index contributed by atoms with van der Waals surface area (Å²) < 4.78 is 15.5. The Labute approximate surface area is 135 Å². The molecule has 0 unspecified atom stereocenters. The maximum Gasteiger partial charge on any atom is 0.338 e. The third-order valence-electron chi connectivity index (χ3n) is 4.32. The third-order valence-corrected chi connectivity index (χ3v) is 4.32. The average molecular weight is 316 g/mol. The van der Waals surface area contributed by atoms with E-state index in [4.69, 9.17) is 14.2 Å². The van der Waals surface area contributed by atoms with Gasteiger partial charge in [-0.2, -0.15) is 0 Å². The lowest BCUT2D eigenvalue weighted by Gasteiger charge is -2.32. The molecular weight excluding hydrogens is 296 g/mol. The highest BCUT2D eigenvalue weighted by molar-refractivity contribution is 6.10. The molecule has 23 heavy (non-hydrogen) atoms. The third kappa shape index (κ3) is 2.37. The van der Waals surface area contributed by atoms with Crippen LogP contribution >= 0.6 is 0 Å². The molecule has 122 valence electrons. The number of benzene rings is 1. The Hall–Kier alpha value is -2.40. The summed E-state index contributed by atoms with van der Waals surface area (Å²) in [6.45, 7) is 3.53. The molecule has 0 spiro atoms. The summed E-state index contributed by atoms with van der Waals surface area (Å²) in [5, 5.41) is 0. The molecule has 2 rings (SSSR count). The molecule has 0 saturated carbocycles. The molecule has 5 nitrogen and oxygen atoms in total. The summed E-state index contributed by atoms with van der Waals surface area (Å²) in [4.78, 5) is 24.5. The highest BCUT2D eigenvalue weighted by atomic mass is 16.5. The van der Waals surface area contributed by atoms with Gasteiger partial charge in [-0.1, -0.05) is 30.3 Å². The van der Waals surface area contributed by atoms with Crippen molar-refractivity contribution in [2.75, 3.05) is 21.3 Å². The van der Waals surface area contributed by atoms with E-state index in [0.29, 0.717) is 11.1 Å². The second kappa shape index (κ2) is 6.38. The molecule has 0 heterocycles. The number of hydrogen-bond acceptors (Lipinski definition) is 5. The van der Waals surface area contributed by atoms with Crippen molar-refractivity contribution >= 4 is 11.9 Å². The van der Waals surface area contributed by atoms with E-state index in [2.05, 4.69) is 0 Å². The molecule has 1 aliphatic rings. The normalized spacial score (nSPS) is 16.6. The largest absolute Gasteiger partial charge is 0.465 e. The zero-order valence-corrected chi connectivity index (χ0v) is 13.9. The van der Waals surface area contributed by atoms with E-state index in [1.54, 1.807) is 21.0 Å². The van der Waals surface area contributed by atoms with Crippen LogP contribution in [0.5, 0.6) is 0 Å². The van der Waals surface area contributed by atoms with Crippen molar-refractivity contribution in [2.24, 2.45) is 0 Å². The summed E-state index contributed by atoms with van der Waals surface area (Å²) >= 11 is 0. The summed E-state index contributed by atoms with van der Waals surface area (Å²) in [7, 11) is 4.11. The topological polar surface area (TPSA) is 61.8 Å². The van der Waals surface area contributed by atoms with Crippen molar-refractivity contribution in [3.8, 4) is 0 Å². The molecule has 0 bridgehead atoms. The Morgan fingerprint density at radius 2 is 1.26 bits per heavy atom. The Morgan fingerprint density at radius 3 is 1.61 bits per heavy atom. The number of carbonyl (C=O) groups excluding carboxylic acids is 2. The van der Waals surface area contributed by atoms with Crippen LogP contribution in [0.2, 0.25) is 0 Å². The van der Waals surface area contributed by atoms with Gasteiger partial charge in [0.25, 0.3) is 0 Å². The fraction of sp³-hybridized carbons (Fsp3) is 0.333. The quantitative estimate of drug-likeness (QED) is 0.799. The molecule has 0 radical (unpaired) electrons. The van der Waals surface area contributed by atoms with E-state index in [-0.39, 0.29) is 11.1 Å². The lowest BCUT2D eigenvalue weighted by molar-refractivity contribution is -0.139. The molecule has 0 aliphatic heterocycles. The minimum atomic E-state index is -0.992. The first-order valence-corrected chi connectivity index (χ1v) is 7.16. The molecule has 0 aromatic heterocycles. The Kier molecular flexibility index (Phi) is 4.71. The molecule has 1 aliphatic carbocycles. The maximum atomic E-state index is 12.3. The van der Waals surface area contributed by atoms with E-state index in [1.807, 2.05) is 30.3 Å². The molecular formula is C18H20O5. The van der Waals surface area contributed by atoms with Crippen LogP contribution in [-0.2, 0) is 29.4 Å². The summed E-state index contributed by atoms with van der Waals surface area (Å²) in [5.41, 5.74) is 1.45. The van der Waals surface area contributed by atoms with Crippen molar-refractivity contribution < 1.29 is 23.8 Å². The van der Waals surface area contributed by atoms with Crippen LogP contribution < -0.4 is 0 Å². The van der Waals surface area contributed by atoms with E-state index < -0.39 is 17.5 Å². The van der Waals surface area contributed by atoms with Gasteiger partial charge in [-0.3, -0.25) is 0 Å². The van der Waals surface area contributed by atoms with Crippen molar-refractivity contribution in [3.05, 3.63) is 58.2 Å². The van der Waals surface area contributed by atoms with Gasteiger partial charge in [-0.25, -0.2) is 9.59 Å². The first-order chi connectivity index (χ1) is 10.9. The van der Waals surface area contributed by atoms with Crippen molar-refractivity contribution in [2.45, 2.75) is 19.4 Å². The Balaban J connectivity index is 2.82. The van der Waals surface area contributed by atoms with Crippen molar-refractivity contribution in [1.82, 2.24) is 0 Å². The number of ether oxygens (including phenoxy) is 3. The van der Waals surface area contributed by atoms with Crippen LogP contribution in [0, 0.1) is 0 Å². The SMILES string of the molecule is COC(=O)C1=C(C)C(OC)(c2ccccc2)C(C)=C1C(=O)OC. The number of carbonyl (C=O) groups is 2. The van der Waals surface area contributed by atoms with Gasteiger partial charge in [0.1, 0.15) is 5.60 Å². The number of hydrogen-bond donors (Lipinski definition) is 0. The van der Waals surface area contributed by atoms with E-state index >= 15 is 0 Å². The van der Waals surface area contributed by atoms with E-state index in [0.717, 1.165) is 5.56 Å². The van der Waals surface area contributed by atoms with Gasteiger partial charge in [0, 0.05) is 7.11 Å². The van der Waals surface area contributed by atoms with Crippen LogP contribution in [0.3, 0.4) is 0 Å². The molecule has 0 atom stereocenters. The fourth-order valence-electron chi connectivity index (χ4n) is 3.25. The van der Waals surface area contributed by atoms with Gasteiger partial charge >= 0.3 is 11.9 Å². The monoisotopic (exact) mass is 316 g/mol. The average Bonchev–Trinajstić information content (AvgIpc) is 2.82. The lowest BCUT2D eigenvalue weighted by Crippen LogP contribution is -2.30. The van der Waals surface area contributed by atoms with Crippen LogP contribution in [0.25, 0.3) is 0 Å². The fourth-order valence-corrected chi connectivity index (χ4v) is 3.25. The summed E-state index contributed by atoms with van der Waals surface area (Å²) in [6, 6.07) is 9.44. The zero-order chi connectivity index (χ0) is 17.2. The first kappa shape index (κ1) is 17.0. The molecule has 0 fully saturated rings. The molecule has 1 aromatic rings. The highest BCUT2D eigenvalue weighted by Gasteiger charge is 2.49. The minimum Gasteiger partial charge on any atom is -0.465 e. The van der Waals surface area contributed by atoms with Crippen LogP contribution in [0.15, 0.2) is 52.6 Å². The van der Waals surface area contributed by atoms with Crippen molar-refractivity contribution in [1.29, 1.82) is 0 Å². The summed E-state index contributed by atoms with van der Waals surface area (Å²) in [6.07, 6.45) is 0. The number of esters is 2.